The summed E-state index contributed by atoms with van der Waals surface area (Å²) in [6.45, 7) is 3.60. The molecular weight excluding hydrogens is 364 g/mol. The Labute approximate surface area is 170 Å². The van der Waals surface area contributed by atoms with Gasteiger partial charge in [-0.1, -0.05) is 30.3 Å². The number of aromatic amines is 1. The summed E-state index contributed by atoms with van der Waals surface area (Å²) in [7, 11) is 1.63. The number of benzene rings is 2. The van der Waals surface area contributed by atoms with E-state index in [9.17, 15) is 4.79 Å². The standard InChI is InChI=1S/C23H26N4O2/c1-29-20-9-7-18(8-10-20)21-15-22(26-25-21)23(28)24-12-14-27-13-11-19(16-27)17-5-3-2-4-6-17/h2-10,15,19H,11-14,16H2,1H3,(H,24,28)(H,25,26)/t19-/m1/s1. The SMILES string of the molecule is COc1ccc(-c2cc(C(=O)NCCN3CC[C@@H](c4ccccc4)C3)[nH]n2)cc1. The average Bonchev–Trinajstić information content (AvgIpc) is 3.45. The molecule has 1 aliphatic heterocycles. The number of nitrogens with one attached hydrogen (secondary N) is 2. The molecule has 0 unspecified atom stereocenters. The first kappa shape index (κ1) is 19.2. The molecule has 3 aromatic rings. The van der Waals surface area contributed by atoms with Crippen molar-refractivity contribution in [1.82, 2.24) is 20.4 Å². The van der Waals surface area contributed by atoms with Crippen molar-refractivity contribution >= 4 is 5.91 Å². The van der Waals surface area contributed by atoms with E-state index >= 15 is 0 Å². The molecule has 0 saturated carbocycles. The number of nitrogens with zero attached hydrogens (tertiary/aromatic N) is 2. The minimum atomic E-state index is -0.129. The van der Waals surface area contributed by atoms with Crippen LogP contribution in [0.25, 0.3) is 11.3 Å². The van der Waals surface area contributed by atoms with E-state index in [0.29, 0.717) is 18.2 Å². The van der Waals surface area contributed by atoms with Gasteiger partial charge in [0.15, 0.2) is 0 Å². The van der Waals surface area contributed by atoms with Crippen LogP contribution in [-0.4, -0.2) is 54.3 Å². The lowest BCUT2D eigenvalue weighted by atomic mass is 9.99. The molecule has 6 heteroatoms. The number of carbonyl (C=O) groups excluding carboxylic acids is 1. The van der Waals surface area contributed by atoms with Crippen molar-refractivity contribution < 1.29 is 9.53 Å². The van der Waals surface area contributed by atoms with Gasteiger partial charge in [0.25, 0.3) is 5.91 Å². The van der Waals surface area contributed by atoms with Gasteiger partial charge < -0.3 is 15.0 Å². The summed E-state index contributed by atoms with van der Waals surface area (Å²) in [6.07, 6.45) is 1.17. The number of hydrogen-bond donors (Lipinski definition) is 2. The Kier molecular flexibility index (Phi) is 5.91. The zero-order valence-corrected chi connectivity index (χ0v) is 16.6. The Morgan fingerprint density at radius 3 is 2.76 bits per heavy atom. The van der Waals surface area contributed by atoms with Crippen LogP contribution < -0.4 is 10.1 Å². The highest BCUT2D eigenvalue weighted by Crippen LogP contribution is 2.26. The Morgan fingerprint density at radius 2 is 2.00 bits per heavy atom. The summed E-state index contributed by atoms with van der Waals surface area (Å²) >= 11 is 0. The van der Waals surface area contributed by atoms with Crippen LogP contribution in [0.2, 0.25) is 0 Å². The summed E-state index contributed by atoms with van der Waals surface area (Å²) in [5.74, 6) is 1.25. The van der Waals surface area contributed by atoms with Crippen LogP contribution in [0.3, 0.4) is 0 Å². The van der Waals surface area contributed by atoms with Gasteiger partial charge in [-0.15, -0.1) is 0 Å². The number of rotatable bonds is 7. The maximum atomic E-state index is 12.4. The molecule has 2 aromatic carbocycles. The van der Waals surface area contributed by atoms with Gasteiger partial charge in [-0.25, -0.2) is 0 Å². The predicted molar refractivity (Wildman–Crippen MR) is 113 cm³/mol. The number of H-pyrrole nitrogens is 1. The van der Waals surface area contributed by atoms with Crippen LogP contribution in [0.15, 0.2) is 60.7 Å². The molecule has 1 atom stereocenters. The molecule has 150 valence electrons. The highest BCUT2D eigenvalue weighted by Gasteiger charge is 2.23. The van der Waals surface area contributed by atoms with Gasteiger partial charge in [0.1, 0.15) is 11.4 Å². The average molecular weight is 390 g/mol. The summed E-state index contributed by atoms with van der Waals surface area (Å²) in [5.41, 5.74) is 3.55. The molecule has 1 amide bonds. The number of hydrogen-bond acceptors (Lipinski definition) is 4. The summed E-state index contributed by atoms with van der Waals surface area (Å²) in [5, 5.41) is 10.1. The van der Waals surface area contributed by atoms with Gasteiger partial charge in [-0.3, -0.25) is 9.89 Å². The van der Waals surface area contributed by atoms with Crippen molar-refractivity contribution in [3.63, 3.8) is 0 Å². The highest BCUT2D eigenvalue weighted by atomic mass is 16.5. The van der Waals surface area contributed by atoms with E-state index < -0.39 is 0 Å². The number of ether oxygens (including phenoxy) is 1. The molecule has 0 radical (unpaired) electrons. The number of methoxy groups -OCH3 is 1. The molecule has 0 bridgehead atoms. The molecule has 1 aliphatic rings. The lowest BCUT2D eigenvalue weighted by Gasteiger charge is -2.16. The van der Waals surface area contributed by atoms with Crippen LogP contribution in [0, 0.1) is 0 Å². The first-order valence-corrected chi connectivity index (χ1v) is 9.98. The van der Waals surface area contributed by atoms with Gasteiger partial charge in [0.05, 0.1) is 12.8 Å². The molecule has 0 aliphatic carbocycles. The summed E-state index contributed by atoms with van der Waals surface area (Å²) in [6, 6.07) is 20.0. The lowest BCUT2D eigenvalue weighted by molar-refractivity contribution is 0.0944. The van der Waals surface area contributed by atoms with E-state index in [4.69, 9.17) is 4.74 Å². The fourth-order valence-corrected chi connectivity index (χ4v) is 3.80. The first-order chi connectivity index (χ1) is 14.2. The van der Waals surface area contributed by atoms with E-state index in [2.05, 4.69) is 50.7 Å². The molecule has 1 aromatic heterocycles. The second kappa shape index (κ2) is 8.92. The third-order valence-electron chi connectivity index (χ3n) is 5.47. The van der Waals surface area contributed by atoms with E-state index in [1.54, 1.807) is 13.2 Å². The second-order valence-electron chi connectivity index (χ2n) is 7.35. The van der Waals surface area contributed by atoms with E-state index in [0.717, 1.165) is 36.6 Å². The minimum absolute atomic E-state index is 0.129. The zero-order chi connectivity index (χ0) is 20.1. The maximum absolute atomic E-state index is 12.4. The molecule has 2 N–H and O–H groups in total. The molecule has 2 heterocycles. The fraction of sp³-hybridized carbons (Fsp3) is 0.304. The lowest BCUT2D eigenvalue weighted by Crippen LogP contribution is -2.34. The first-order valence-electron chi connectivity index (χ1n) is 9.98. The van der Waals surface area contributed by atoms with Gasteiger partial charge in [0, 0.05) is 25.2 Å². The predicted octanol–water partition coefficient (Wildman–Crippen LogP) is 3.30. The zero-order valence-electron chi connectivity index (χ0n) is 16.6. The quantitative estimate of drug-likeness (QED) is 0.649. The van der Waals surface area contributed by atoms with Crippen molar-refractivity contribution in [3.05, 3.63) is 71.9 Å². The third-order valence-corrected chi connectivity index (χ3v) is 5.47. The molecule has 4 rings (SSSR count). The molecule has 0 spiro atoms. The van der Waals surface area contributed by atoms with Crippen molar-refractivity contribution in [3.8, 4) is 17.0 Å². The van der Waals surface area contributed by atoms with E-state index in [1.165, 1.54) is 12.0 Å². The minimum Gasteiger partial charge on any atom is -0.497 e. The molecule has 1 saturated heterocycles. The van der Waals surface area contributed by atoms with Crippen LogP contribution in [0.5, 0.6) is 5.75 Å². The van der Waals surface area contributed by atoms with Crippen molar-refractivity contribution in [1.29, 1.82) is 0 Å². The van der Waals surface area contributed by atoms with Crippen molar-refractivity contribution in [2.45, 2.75) is 12.3 Å². The smallest absolute Gasteiger partial charge is 0.269 e. The van der Waals surface area contributed by atoms with Gasteiger partial charge in [-0.2, -0.15) is 5.10 Å². The molecular formula is C23H26N4O2. The maximum Gasteiger partial charge on any atom is 0.269 e. The Morgan fingerprint density at radius 1 is 1.21 bits per heavy atom. The van der Waals surface area contributed by atoms with Gasteiger partial charge >= 0.3 is 0 Å². The second-order valence-corrected chi connectivity index (χ2v) is 7.35. The van der Waals surface area contributed by atoms with Gasteiger partial charge in [0.2, 0.25) is 0 Å². The normalized spacial score (nSPS) is 16.7. The van der Waals surface area contributed by atoms with Crippen LogP contribution in [0.1, 0.15) is 28.4 Å². The molecule has 6 nitrogen and oxygen atoms in total. The van der Waals surface area contributed by atoms with Gasteiger partial charge in [-0.05, 0) is 54.8 Å². The largest absolute Gasteiger partial charge is 0.497 e. The Hall–Kier alpha value is -3.12. The number of amides is 1. The van der Waals surface area contributed by atoms with E-state index in [1.807, 2.05) is 24.3 Å². The monoisotopic (exact) mass is 390 g/mol. The molecule has 29 heavy (non-hydrogen) atoms. The Bertz CT molecular complexity index is 937. The van der Waals surface area contributed by atoms with Crippen molar-refractivity contribution in [2.24, 2.45) is 0 Å². The Balaban J connectivity index is 1.25. The topological polar surface area (TPSA) is 70.2 Å². The van der Waals surface area contributed by atoms with Crippen LogP contribution in [-0.2, 0) is 0 Å². The fourth-order valence-electron chi connectivity index (χ4n) is 3.80. The van der Waals surface area contributed by atoms with Crippen LogP contribution >= 0.6 is 0 Å². The number of carbonyl (C=O) groups is 1. The number of likely N-dealkylation sites (tertiary alicyclic amines) is 1. The van der Waals surface area contributed by atoms with E-state index in [-0.39, 0.29) is 5.91 Å². The highest BCUT2D eigenvalue weighted by molar-refractivity contribution is 5.93. The van der Waals surface area contributed by atoms with Crippen LogP contribution in [0.4, 0.5) is 0 Å². The summed E-state index contributed by atoms with van der Waals surface area (Å²) in [4.78, 5) is 14.8. The molecule has 1 fully saturated rings. The summed E-state index contributed by atoms with van der Waals surface area (Å²) < 4.78 is 5.17. The number of aromatic nitrogens is 2. The third kappa shape index (κ3) is 4.66. The van der Waals surface area contributed by atoms with Crippen molar-refractivity contribution in [2.75, 3.05) is 33.3 Å².